The van der Waals surface area contributed by atoms with Crippen LogP contribution in [0.25, 0.3) is 0 Å². The molecule has 0 heterocycles. The zero-order valence-electron chi connectivity index (χ0n) is 14.5. The van der Waals surface area contributed by atoms with E-state index < -0.39 is 33.5 Å². The smallest absolute Gasteiger partial charge is 0.326 e. The average Bonchev–Trinajstić information content (AvgIpc) is 2.41. The maximum Gasteiger partial charge on any atom is 0.326 e. The molecule has 0 spiro atoms. The van der Waals surface area contributed by atoms with Gasteiger partial charge < -0.3 is 10.4 Å². The number of aliphatic carboxylic acids is 1. The summed E-state index contributed by atoms with van der Waals surface area (Å²) < 4.78 is 26.9. The molecule has 0 saturated carbocycles. The van der Waals surface area contributed by atoms with E-state index in [0.717, 1.165) is 0 Å². The van der Waals surface area contributed by atoms with Crippen LogP contribution in [0.3, 0.4) is 0 Å². The number of hydrogen-bond donors (Lipinski definition) is 3. The number of sulfonamides is 1. The van der Waals surface area contributed by atoms with Gasteiger partial charge in [-0.3, -0.25) is 4.79 Å². The molecule has 0 saturated heterocycles. The molecule has 3 N–H and O–H groups in total. The molecule has 24 heavy (non-hydrogen) atoms. The number of amides is 1. The number of hydrogen-bond acceptors (Lipinski definition) is 4. The van der Waals surface area contributed by atoms with Crippen molar-refractivity contribution in [3.8, 4) is 0 Å². The van der Waals surface area contributed by atoms with Gasteiger partial charge in [0.05, 0.1) is 4.90 Å². The van der Waals surface area contributed by atoms with Gasteiger partial charge >= 0.3 is 5.97 Å². The van der Waals surface area contributed by atoms with Gasteiger partial charge in [0.25, 0.3) is 5.91 Å². The molecule has 7 nitrogen and oxygen atoms in total. The second kappa shape index (κ2) is 7.31. The zero-order chi connectivity index (χ0) is 18.7. The lowest BCUT2D eigenvalue weighted by molar-refractivity contribution is -0.140. The Labute approximate surface area is 142 Å². The Morgan fingerprint density at radius 1 is 1.08 bits per heavy atom. The summed E-state index contributed by atoms with van der Waals surface area (Å²) in [7, 11) is -3.69. The zero-order valence-corrected chi connectivity index (χ0v) is 15.3. The fourth-order valence-electron chi connectivity index (χ4n) is 1.99. The van der Waals surface area contributed by atoms with Crippen LogP contribution in [0.2, 0.25) is 0 Å². The van der Waals surface area contributed by atoms with Crippen LogP contribution in [0.5, 0.6) is 0 Å². The third kappa shape index (κ3) is 5.61. The van der Waals surface area contributed by atoms with Crippen molar-refractivity contribution in [3.63, 3.8) is 0 Å². The van der Waals surface area contributed by atoms with Crippen LogP contribution in [0, 0.1) is 5.92 Å². The molecule has 0 bridgehead atoms. The van der Waals surface area contributed by atoms with Crippen LogP contribution < -0.4 is 10.0 Å². The van der Waals surface area contributed by atoms with E-state index >= 15 is 0 Å². The van der Waals surface area contributed by atoms with Crippen LogP contribution in [0.15, 0.2) is 29.2 Å². The lowest BCUT2D eigenvalue weighted by Gasteiger charge is -2.20. The van der Waals surface area contributed by atoms with E-state index in [1.165, 1.54) is 24.3 Å². The number of carboxylic acid groups (broad SMARTS) is 1. The van der Waals surface area contributed by atoms with Crippen molar-refractivity contribution >= 4 is 21.9 Å². The summed E-state index contributed by atoms with van der Waals surface area (Å²) in [5.41, 5.74) is -0.433. The number of carboxylic acids is 1. The highest BCUT2D eigenvalue weighted by molar-refractivity contribution is 7.89. The summed E-state index contributed by atoms with van der Waals surface area (Å²) in [5, 5.41) is 11.5. The molecule has 134 valence electrons. The van der Waals surface area contributed by atoms with E-state index in [0.29, 0.717) is 0 Å². The lowest BCUT2D eigenvalue weighted by Crippen LogP contribution is -2.44. The Kier molecular flexibility index (Phi) is 6.13. The average molecular weight is 356 g/mol. The number of nitrogens with one attached hydrogen (secondary N) is 2. The summed E-state index contributed by atoms with van der Waals surface area (Å²) in [4.78, 5) is 23.3. The molecule has 1 rings (SSSR count). The van der Waals surface area contributed by atoms with Crippen molar-refractivity contribution in [2.45, 2.75) is 51.1 Å². The fourth-order valence-corrected chi connectivity index (χ4v) is 3.40. The summed E-state index contributed by atoms with van der Waals surface area (Å²) in [5.74, 6) is -1.96. The maximum atomic E-state index is 12.2. The van der Waals surface area contributed by atoms with Crippen molar-refractivity contribution in [1.82, 2.24) is 10.0 Å². The quantitative estimate of drug-likeness (QED) is 0.717. The molecule has 1 amide bonds. The molecule has 0 fully saturated rings. The van der Waals surface area contributed by atoms with Crippen LogP contribution in [-0.4, -0.2) is 37.0 Å². The highest BCUT2D eigenvalue weighted by atomic mass is 32.2. The Hall–Kier alpha value is -1.93. The van der Waals surface area contributed by atoms with E-state index in [9.17, 15) is 18.0 Å². The van der Waals surface area contributed by atoms with Gasteiger partial charge in [-0.2, -0.15) is 0 Å². The summed E-state index contributed by atoms with van der Waals surface area (Å²) in [6.45, 7) is 8.55. The Balaban J connectivity index is 2.95. The van der Waals surface area contributed by atoms with Gasteiger partial charge in [-0.05, 0) is 51.0 Å². The standard InChI is InChI=1S/C16H24N2O5S/c1-10(2)13(15(20)21)17-14(19)11-6-8-12(9-7-11)24(22,23)18-16(3,4)5/h6-10,13,18H,1-5H3,(H,17,19)(H,20,21). The van der Waals surface area contributed by atoms with E-state index in [4.69, 9.17) is 5.11 Å². The van der Waals surface area contributed by atoms with Crippen LogP contribution in [0.4, 0.5) is 0 Å². The van der Waals surface area contributed by atoms with Gasteiger partial charge in [-0.1, -0.05) is 13.8 Å². The molecule has 1 aromatic rings. The normalized spacial score (nSPS) is 13.6. The van der Waals surface area contributed by atoms with E-state index in [1.54, 1.807) is 34.6 Å². The monoisotopic (exact) mass is 356 g/mol. The molecule has 0 aliphatic carbocycles. The number of rotatable bonds is 6. The second-order valence-corrected chi connectivity index (χ2v) is 8.60. The van der Waals surface area contributed by atoms with Gasteiger partial charge in [-0.25, -0.2) is 17.9 Å². The van der Waals surface area contributed by atoms with Gasteiger partial charge in [0.1, 0.15) is 6.04 Å². The molecule has 1 aromatic carbocycles. The summed E-state index contributed by atoms with van der Waals surface area (Å²) >= 11 is 0. The van der Waals surface area contributed by atoms with Crippen LogP contribution in [0.1, 0.15) is 45.0 Å². The molecule has 1 atom stereocenters. The van der Waals surface area contributed by atoms with Crippen molar-refractivity contribution < 1.29 is 23.1 Å². The van der Waals surface area contributed by atoms with E-state index in [2.05, 4.69) is 10.0 Å². The number of carbonyl (C=O) groups is 2. The van der Waals surface area contributed by atoms with Crippen LogP contribution in [-0.2, 0) is 14.8 Å². The Bertz CT molecular complexity index is 703. The predicted octanol–water partition coefficient (Wildman–Crippen LogP) is 1.60. The SMILES string of the molecule is CC(C)C(NC(=O)c1ccc(S(=O)(=O)NC(C)(C)C)cc1)C(=O)O. The van der Waals surface area contributed by atoms with Crippen molar-refractivity contribution in [2.75, 3.05) is 0 Å². The first-order valence-corrected chi connectivity index (χ1v) is 8.99. The molecular formula is C16H24N2O5S. The summed E-state index contributed by atoms with van der Waals surface area (Å²) in [6.07, 6.45) is 0. The maximum absolute atomic E-state index is 12.2. The molecular weight excluding hydrogens is 332 g/mol. The van der Waals surface area contributed by atoms with Crippen LogP contribution >= 0.6 is 0 Å². The molecule has 0 radical (unpaired) electrons. The Morgan fingerprint density at radius 3 is 1.96 bits per heavy atom. The van der Waals surface area contributed by atoms with Crippen molar-refractivity contribution in [3.05, 3.63) is 29.8 Å². The second-order valence-electron chi connectivity index (χ2n) is 6.91. The van der Waals surface area contributed by atoms with Gasteiger partial charge in [-0.15, -0.1) is 0 Å². The number of carbonyl (C=O) groups excluding carboxylic acids is 1. The van der Waals surface area contributed by atoms with E-state index in [1.807, 2.05) is 0 Å². The molecule has 0 aliphatic heterocycles. The summed E-state index contributed by atoms with van der Waals surface area (Å²) in [6, 6.07) is 4.32. The van der Waals surface area contributed by atoms with Crippen molar-refractivity contribution in [1.29, 1.82) is 0 Å². The third-order valence-electron chi connectivity index (χ3n) is 3.09. The highest BCUT2D eigenvalue weighted by Gasteiger charge is 2.25. The van der Waals surface area contributed by atoms with E-state index in [-0.39, 0.29) is 16.4 Å². The highest BCUT2D eigenvalue weighted by Crippen LogP contribution is 2.14. The van der Waals surface area contributed by atoms with Crippen molar-refractivity contribution in [2.24, 2.45) is 5.92 Å². The first-order valence-electron chi connectivity index (χ1n) is 7.51. The minimum atomic E-state index is -3.69. The molecule has 0 aromatic heterocycles. The first kappa shape index (κ1) is 20.1. The fraction of sp³-hybridized carbons (Fsp3) is 0.500. The Morgan fingerprint density at radius 2 is 1.58 bits per heavy atom. The van der Waals surface area contributed by atoms with Gasteiger partial charge in [0, 0.05) is 11.1 Å². The van der Waals surface area contributed by atoms with Gasteiger partial charge in [0.15, 0.2) is 0 Å². The minimum absolute atomic E-state index is 0.0348. The predicted molar refractivity (Wildman–Crippen MR) is 90.2 cm³/mol. The lowest BCUT2D eigenvalue weighted by atomic mass is 10.0. The largest absolute Gasteiger partial charge is 0.480 e. The molecule has 8 heteroatoms. The third-order valence-corrected chi connectivity index (χ3v) is 4.86. The topological polar surface area (TPSA) is 113 Å². The molecule has 1 unspecified atom stereocenters. The number of benzene rings is 1. The first-order chi connectivity index (χ1) is 10.8. The van der Waals surface area contributed by atoms with Gasteiger partial charge in [0.2, 0.25) is 10.0 Å². The minimum Gasteiger partial charge on any atom is -0.480 e. The molecule has 0 aliphatic rings.